The molecule has 0 amide bonds. The molecule has 8 rings (SSSR count). The molecule has 1 N–H and O–H groups in total. The molecule has 0 saturated heterocycles. The van der Waals surface area contributed by atoms with Crippen LogP contribution in [0.2, 0.25) is 0 Å². The number of carbonyl (C=O) groups excluding carboxylic acids is 1. The van der Waals surface area contributed by atoms with Gasteiger partial charge in [-0.2, -0.15) is 4.58 Å². The molecule has 2 aliphatic heterocycles. The molecule has 2 aliphatic rings. The van der Waals surface area contributed by atoms with E-state index >= 15 is 0 Å². The number of hydrogen-bond donors (Lipinski definition) is 1. The van der Waals surface area contributed by atoms with Crippen LogP contribution >= 0.6 is 0 Å². The minimum absolute atomic E-state index is 0.0197. The highest BCUT2D eigenvalue weighted by atomic mass is 16.5. The highest BCUT2D eigenvalue weighted by Crippen LogP contribution is 2.52. The number of nitrogens with zero attached hydrogens (tertiary/aromatic N) is 2. The lowest BCUT2D eigenvalue weighted by molar-refractivity contribution is -0.436. The minimum Gasteiger partial charge on any atom is -0.481 e. The first-order chi connectivity index (χ1) is 27.8. The van der Waals surface area contributed by atoms with E-state index in [-0.39, 0.29) is 13.0 Å². The average Bonchev–Trinajstić information content (AvgIpc) is 3.60. The molecule has 0 radical (unpaired) electrons. The monoisotopic (exact) mass is 751 g/mol. The Morgan fingerprint density at radius 1 is 0.702 bits per heavy atom. The zero-order chi connectivity index (χ0) is 39.4. The lowest BCUT2D eigenvalue weighted by Gasteiger charge is -2.31. The Balaban J connectivity index is 1.23. The van der Waals surface area contributed by atoms with Gasteiger partial charge in [0, 0.05) is 34.5 Å². The number of anilines is 1. The van der Waals surface area contributed by atoms with Crippen molar-refractivity contribution in [1.82, 2.24) is 0 Å². The van der Waals surface area contributed by atoms with E-state index in [9.17, 15) is 14.7 Å². The highest BCUT2D eigenvalue weighted by molar-refractivity contribution is 6.08. The van der Waals surface area contributed by atoms with Gasteiger partial charge in [0.05, 0.1) is 12.0 Å². The molecule has 284 valence electrons. The summed E-state index contributed by atoms with van der Waals surface area (Å²) in [6.07, 6.45) is 12.2. The lowest BCUT2D eigenvalue weighted by atomic mass is 9.73. The van der Waals surface area contributed by atoms with E-state index in [1.54, 1.807) is 0 Å². The second kappa shape index (κ2) is 15.9. The fourth-order valence-corrected chi connectivity index (χ4v) is 9.39. The molecule has 0 aliphatic carbocycles. The number of carboxylic acids is 1. The summed E-state index contributed by atoms with van der Waals surface area (Å²) in [5.74, 6) is -0.823. The molecule has 2 atom stereocenters. The van der Waals surface area contributed by atoms with Gasteiger partial charge in [0.2, 0.25) is 5.69 Å². The second-order valence-electron chi connectivity index (χ2n) is 15.4. The summed E-state index contributed by atoms with van der Waals surface area (Å²) in [4.78, 5) is 25.6. The number of benzene rings is 6. The number of aliphatic carboxylic acids is 1. The van der Waals surface area contributed by atoms with Crippen molar-refractivity contribution in [2.75, 3.05) is 24.6 Å². The fourth-order valence-electron chi connectivity index (χ4n) is 9.39. The first kappa shape index (κ1) is 37.4. The molecule has 6 aromatic rings. The van der Waals surface area contributed by atoms with Crippen molar-refractivity contribution in [2.24, 2.45) is 0 Å². The Labute approximate surface area is 334 Å². The van der Waals surface area contributed by atoms with Crippen molar-refractivity contribution in [1.29, 1.82) is 0 Å². The van der Waals surface area contributed by atoms with Crippen molar-refractivity contribution in [3.8, 4) is 0 Å². The quantitative estimate of drug-likeness (QED) is 0.0520. The summed E-state index contributed by atoms with van der Waals surface area (Å²) in [6, 6.07) is 46.9. The molecule has 2 heterocycles. The summed E-state index contributed by atoms with van der Waals surface area (Å²) < 4.78 is 7.48. The number of fused-ring (bicyclic) bond motifs is 6. The molecule has 0 spiro atoms. The summed E-state index contributed by atoms with van der Waals surface area (Å²) in [6.45, 7) is 6.28. The molecule has 0 aromatic heterocycles. The fraction of sp³-hybridized carbons (Fsp3) is 0.196. The smallest absolute Gasteiger partial charge is 0.309 e. The van der Waals surface area contributed by atoms with Crippen molar-refractivity contribution < 1.29 is 24.0 Å². The first-order valence-corrected chi connectivity index (χ1v) is 19.7. The molecule has 6 heteroatoms. The molecular formula is C51H47N2O4+. The van der Waals surface area contributed by atoms with Crippen LogP contribution in [0.3, 0.4) is 0 Å². The van der Waals surface area contributed by atoms with Crippen LogP contribution in [0.5, 0.6) is 0 Å². The molecule has 6 nitrogen and oxygen atoms in total. The largest absolute Gasteiger partial charge is 0.481 e. The highest BCUT2D eigenvalue weighted by Gasteiger charge is 2.49. The molecule has 6 aromatic carbocycles. The van der Waals surface area contributed by atoms with E-state index in [1.165, 1.54) is 38.4 Å². The predicted octanol–water partition coefficient (Wildman–Crippen LogP) is 10.3. The van der Waals surface area contributed by atoms with Crippen LogP contribution in [0.4, 0.5) is 11.4 Å². The average molecular weight is 752 g/mol. The molecule has 2 unspecified atom stereocenters. The zero-order valence-corrected chi connectivity index (χ0v) is 32.5. The third-order valence-corrected chi connectivity index (χ3v) is 11.8. The summed E-state index contributed by atoms with van der Waals surface area (Å²) in [5, 5.41) is 14.6. The minimum atomic E-state index is -0.823. The Morgan fingerprint density at radius 2 is 1.30 bits per heavy atom. The van der Waals surface area contributed by atoms with Gasteiger partial charge in [-0.25, -0.2) is 0 Å². The number of carbonyl (C=O) groups is 2. The number of ether oxygens (including phenoxy) is 1. The third kappa shape index (κ3) is 7.08. The van der Waals surface area contributed by atoms with Gasteiger partial charge in [-0.3, -0.25) is 9.59 Å². The first-order valence-electron chi connectivity index (χ1n) is 19.7. The molecular weight excluding hydrogens is 705 g/mol. The maximum absolute atomic E-state index is 12.0. The zero-order valence-electron chi connectivity index (χ0n) is 32.5. The van der Waals surface area contributed by atoms with E-state index in [1.807, 2.05) is 6.07 Å². The van der Waals surface area contributed by atoms with Gasteiger partial charge in [0.25, 0.3) is 6.47 Å². The van der Waals surface area contributed by atoms with Gasteiger partial charge < -0.3 is 14.7 Å². The number of carboxylic acid groups (broad SMARTS) is 1. The standard InChI is InChI=1S/C51H46N2O4/c1-50(34-37-16-6-3-7-17-37)45(52(31-30-47(55)56)43-28-26-39-20-12-14-22-41(39)48(43)50)24-10-5-11-25-46-51(2,35-38-18-8-4-9-19-38)49-42-23-15-13-21-40(42)27-29-44(49)53(46)32-33-57-36-54/h3-29,36H,30-35H2,1-2H3/p+1. The Bertz CT molecular complexity index is 2590. The van der Waals surface area contributed by atoms with Crippen molar-refractivity contribution in [2.45, 2.75) is 43.9 Å². The van der Waals surface area contributed by atoms with Crippen LogP contribution in [0, 0.1) is 0 Å². The topological polar surface area (TPSA) is 69.8 Å². The van der Waals surface area contributed by atoms with Crippen LogP contribution < -0.4 is 4.90 Å². The second-order valence-corrected chi connectivity index (χ2v) is 15.4. The molecule has 57 heavy (non-hydrogen) atoms. The van der Waals surface area contributed by atoms with Crippen molar-refractivity contribution >= 4 is 51.1 Å². The SMILES string of the molecule is CC1(Cc2ccccc2)C(/C=C/C=C/C=C2\N(CCOC=O)c3ccc4ccccc4c3C2(C)Cc2ccccc2)=[N+](CCC(=O)O)c2ccc3ccccc3c21. The van der Waals surface area contributed by atoms with E-state index in [2.05, 4.69) is 181 Å². The maximum atomic E-state index is 12.0. The third-order valence-electron chi connectivity index (χ3n) is 11.8. The number of rotatable bonds is 14. The van der Waals surface area contributed by atoms with Crippen LogP contribution in [-0.4, -0.2) is 47.5 Å². The van der Waals surface area contributed by atoms with Crippen LogP contribution in [0.25, 0.3) is 21.5 Å². The Kier molecular flexibility index (Phi) is 10.4. The van der Waals surface area contributed by atoms with Crippen LogP contribution in [0.1, 0.15) is 42.5 Å². The predicted molar refractivity (Wildman–Crippen MR) is 231 cm³/mol. The summed E-state index contributed by atoms with van der Waals surface area (Å²) >= 11 is 0. The van der Waals surface area contributed by atoms with Gasteiger partial charge in [-0.05, 0) is 83.1 Å². The Hall–Kier alpha value is -6.53. The molecule has 0 fully saturated rings. The van der Waals surface area contributed by atoms with Gasteiger partial charge in [-0.15, -0.1) is 0 Å². The summed E-state index contributed by atoms with van der Waals surface area (Å²) in [5.41, 5.74) is 8.49. The number of hydrogen-bond acceptors (Lipinski definition) is 4. The summed E-state index contributed by atoms with van der Waals surface area (Å²) in [7, 11) is 0. The van der Waals surface area contributed by atoms with Crippen molar-refractivity contribution in [3.05, 3.63) is 192 Å². The maximum Gasteiger partial charge on any atom is 0.309 e. The number of allylic oxidation sites excluding steroid dienone is 6. The Morgan fingerprint density at radius 3 is 1.95 bits per heavy atom. The lowest BCUT2D eigenvalue weighted by Crippen LogP contribution is -2.34. The van der Waals surface area contributed by atoms with E-state index in [4.69, 9.17) is 4.74 Å². The van der Waals surface area contributed by atoms with Gasteiger partial charge >= 0.3 is 5.97 Å². The molecule has 0 saturated carbocycles. The normalized spacial score (nSPS) is 19.6. The van der Waals surface area contributed by atoms with E-state index in [0.29, 0.717) is 19.6 Å². The van der Waals surface area contributed by atoms with Gasteiger partial charge in [0.1, 0.15) is 13.0 Å². The van der Waals surface area contributed by atoms with Crippen LogP contribution in [-0.2, 0) is 38.0 Å². The van der Waals surface area contributed by atoms with E-state index in [0.717, 1.165) is 41.0 Å². The molecule has 0 bridgehead atoms. The van der Waals surface area contributed by atoms with Crippen LogP contribution in [0.15, 0.2) is 170 Å². The van der Waals surface area contributed by atoms with Crippen molar-refractivity contribution in [3.63, 3.8) is 0 Å². The van der Waals surface area contributed by atoms with E-state index < -0.39 is 16.8 Å². The van der Waals surface area contributed by atoms with Gasteiger partial charge in [0.15, 0.2) is 12.3 Å². The van der Waals surface area contributed by atoms with Gasteiger partial charge in [-0.1, -0.05) is 133 Å².